The van der Waals surface area contributed by atoms with Crippen LogP contribution >= 0.6 is 0 Å². The highest BCUT2D eigenvalue weighted by atomic mass is 16.4. The normalized spacial score (nSPS) is 14.0. The molecule has 6 heteroatoms. The molecule has 0 aliphatic rings. The first-order valence-electron chi connectivity index (χ1n) is 7.09. The van der Waals surface area contributed by atoms with E-state index in [4.69, 9.17) is 5.11 Å². The van der Waals surface area contributed by atoms with Gasteiger partial charge in [-0.3, -0.25) is 14.3 Å². The average molecular weight is 293 g/mol. The number of carbonyl (C=O) groups excluding carboxylic acids is 1. The quantitative estimate of drug-likeness (QED) is 0.716. The van der Waals surface area contributed by atoms with Crippen LogP contribution in [-0.2, 0) is 16.6 Å². The van der Waals surface area contributed by atoms with Gasteiger partial charge in [0.25, 0.3) is 0 Å². The number of amides is 1. The molecule has 116 valence electrons. The van der Waals surface area contributed by atoms with Gasteiger partial charge in [0.15, 0.2) is 0 Å². The molecule has 0 aliphatic carbocycles. The summed E-state index contributed by atoms with van der Waals surface area (Å²) >= 11 is 0. The monoisotopic (exact) mass is 293 g/mol. The number of carboxylic acids is 1. The summed E-state index contributed by atoms with van der Waals surface area (Å²) in [5.41, 5.74) is 0.855. The predicted octanol–water partition coefficient (Wildman–Crippen LogP) is 1.83. The second-order valence-electron chi connectivity index (χ2n) is 5.29. The van der Waals surface area contributed by atoms with Crippen LogP contribution in [0.3, 0.4) is 0 Å². The molecule has 1 heterocycles. The lowest BCUT2D eigenvalue weighted by atomic mass is 10.0. The van der Waals surface area contributed by atoms with Gasteiger partial charge in [-0.1, -0.05) is 13.3 Å². The van der Waals surface area contributed by atoms with E-state index >= 15 is 0 Å². The third kappa shape index (κ3) is 6.25. The molecule has 1 amide bonds. The van der Waals surface area contributed by atoms with Crippen LogP contribution in [0.25, 0.3) is 6.08 Å². The molecule has 1 aromatic rings. The zero-order valence-electron chi connectivity index (χ0n) is 12.7. The molecule has 1 aromatic heterocycles. The maximum absolute atomic E-state index is 11.7. The fourth-order valence-corrected chi connectivity index (χ4v) is 1.93. The minimum Gasteiger partial charge on any atom is -0.481 e. The summed E-state index contributed by atoms with van der Waals surface area (Å²) in [4.78, 5) is 22.4. The van der Waals surface area contributed by atoms with Crippen molar-refractivity contribution in [3.63, 3.8) is 0 Å². The molecule has 0 spiro atoms. The summed E-state index contributed by atoms with van der Waals surface area (Å²) in [6.07, 6.45) is 7.03. The number of hydrogen-bond donors (Lipinski definition) is 2. The summed E-state index contributed by atoms with van der Waals surface area (Å²) in [7, 11) is 1.81. The van der Waals surface area contributed by atoms with Crippen molar-refractivity contribution < 1.29 is 14.7 Å². The molecule has 0 radical (unpaired) electrons. The zero-order chi connectivity index (χ0) is 15.8. The summed E-state index contributed by atoms with van der Waals surface area (Å²) in [5.74, 6) is -1.27. The van der Waals surface area contributed by atoms with Crippen LogP contribution in [0, 0.1) is 5.92 Å². The topological polar surface area (TPSA) is 84.2 Å². The number of rotatable bonds is 8. The van der Waals surface area contributed by atoms with Crippen molar-refractivity contribution in [2.24, 2.45) is 13.0 Å². The van der Waals surface area contributed by atoms with Crippen molar-refractivity contribution in [2.75, 3.05) is 0 Å². The van der Waals surface area contributed by atoms with Gasteiger partial charge in [-0.25, -0.2) is 0 Å². The zero-order valence-corrected chi connectivity index (χ0v) is 12.7. The van der Waals surface area contributed by atoms with E-state index in [1.807, 2.05) is 20.0 Å². The van der Waals surface area contributed by atoms with Gasteiger partial charge in [-0.2, -0.15) is 5.10 Å². The Labute approximate surface area is 124 Å². The van der Waals surface area contributed by atoms with E-state index in [9.17, 15) is 9.59 Å². The van der Waals surface area contributed by atoms with Crippen LogP contribution in [0.15, 0.2) is 18.3 Å². The highest BCUT2D eigenvalue weighted by Gasteiger charge is 2.11. The SMILES string of the molecule is CC(CCCC(C)C(=O)O)NC(=O)C=Cc1ccnn1C. The average Bonchev–Trinajstić information content (AvgIpc) is 2.81. The van der Waals surface area contributed by atoms with Gasteiger partial charge in [0, 0.05) is 25.4 Å². The molecule has 1 rings (SSSR count). The lowest BCUT2D eigenvalue weighted by Gasteiger charge is -2.13. The minimum absolute atomic E-state index is 0.0229. The van der Waals surface area contributed by atoms with Crippen molar-refractivity contribution in [3.05, 3.63) is 24.0 Å². The number of nitrogens with zero attached hydrogens (tertiary/aromatic N) is 2. The van der Waals surface area contributed by atoms with Crippen molar-refractivity contribution in [1.82, 2.24) is 15.1 Å². The second-order valence-corrected chi connectivity index (χ2v) is 5.29. The van der Waals surface area contributed by atoms with Crippen molar-refractivity contribution in [3.8, 4) is 0 Å². The molecular weight excluding hydrogens is 270 g/mol. The van der Waals surface area contributed by atoms with Crippen LogP contribution in [-0.4, -0.2) is 32.8 Å². The summed E-state index contributed by atoms with van der Waals surface area (Å²) < 4.78 is 1.68. The minimum atomic E-state index is -0.772. The Hall–Kier alpha value is -2.11. The van der Waals surface area contributed by atoms with Crippen molar-refractivity contribution in [2.45, 2.75) is 39.2 Å². The first kappa shape index (κ1) is 16.9. The molecule has 0 aliphatic heterocycles. The summed E-state index contributed by atoms with van der Waals surface area (Å²) in [6.45, 7) is 3.61. The Morgan fingerprint density at radius 1 is 1.43 bits per heavy atom. The smallest absolute Gasteiger partial charge is 0.306 e. The summed E-state index contributed by atoms with van der Waals surface area (Å²) in [6, 6.07) is 1.84. The molecule has 2 N–H and O–H groups in total. The van der Waals surface area contributed by atoms with Gasteiger partial charge in [0.05, 0.1) is 11.6 Å². The van der Waals surface area contributed by atoms with Gasteiger partial charge >= 0.3 is 5.97 Å². The van der Waals surface area contributed by atoms with Gasteiger partial charge < -0.3 is 10.4 Å². The lowest BCUT2D eigenvalue weighted by molar-refractivity contribution is -0.141. The Kier molecular flexibility index (Phi) is 6.65. The van der Waals surface area contributed by atoms with Gasteiger partial charge in [0.1, 0.15) is 0 Å². The molecule has 0 fully saturated rings. The van der Waals surface area contributed by atoms with E-state index in [1.54, 1.807) is 23.9 Å². The van der Waals surface area contributed by atoms with Crippen LogP contribution in [0.4, 0.5) is 0 Å². The van der Waals surface area contributed by atoms with Gasteiger partial charge in [-0.15, -0.1) is 0 Å². The molecule has 2 atom stereocenters. The van der Waals surface area contributed by atoms with Gasteiger partial charge in [0.2, 0.25) is 5.91 Å². The maximum atomic E-state index is 11.7. The van der Waals surface area contributed by atoms with Crippen LogP contribution < -0.4 is 5.32 Å². The van der Waals surface area contributed by atoms with E-state index < -0.39 is 5.97 Å². The summed E-state index contributed by atoms with van der Waals surface area (Å²) in [5, 5.41) is 15.7. The number of aryl methyl sites for hydroxylation is 1. The van der Waals surface area contributed by atoms with Crippen LogP contribution in [0.1, 0.15) is 38.8 Å². The first-order valence-corrected chi connectivity index (χ1v) is 7.09. The second kappa shape index (κ2) is 8.24. The number of aromatic nitrogens is 2. The number of carboxylic acid groups (broad SMARTS) is 1. The number of aliphatic carboxylic acids is 1. The molecule has 0 bridgehead atoms. The fraction of sp³-hybridized carbons (Fsp3) is 0.533. The van der Waals surface area contributed by atoms with E-state index in [2.05, 4.69) is 10.4 Å². The Morgan fingerprint density at radius 2 is 2.14 bits per heavy atom. The van der Waals surface area contributed by atoms with E-state index in [0.29, 0.717) is 6.42 Å². The van der Waals surface area contributed by atoms with Gasteiger partial charge in [-0.05, 0) is 31.9 Å². The maximum Gasteiger partial charge on any atom is 0.306 e. The molecule has 2 unspecified atom stereocenters. The van der Waals surface area contributed by atoms with E-state index in [0.717, 1.165) is 18.5 Å². The van der Waals surface area contributed by atoms with Crippen LogP contribution in [0.2, 0.25) is 0 Å². The molecule has 0 aromatic carbocycles. The number of nitrogens with one attached hydrogen (secondary N) is 1. The highest BCUT2D eigenvalue weighted by Crippen LogP contribution is 2.09. The van der Waals surface area contributed by atoms with E-state index in [-0.39, 0.29) is 17.9 Å². The van der Waals surface area contributed by atoms with Crippen molar-refractivity contribution in [1.29, 1.82) is 0 Å². The Bertz CT molecular complexity index is 508. The Balaban J connectivity index is 2.29. The third-order valence-corrected chi connectivity index (χ3v) is 3.35. The fourth-order valence-electron chi connectivity index (χ4n) is 1.93. The van der Waals surface area contributed by atoms with Crippen LogP contribution in [0.5, 0.6) is 0 Å². The number of carbonyl (C=O) groups is 2. The third-order valence-electron chi connectivity index (χ3n) is 3.35. The Morgan fingerprint density at radius 3 is 2.71 bits per heavy atom. The standard InChI is InChI=1S/C15H23N3O3/c1-11(15(20)21)5-4-6-12(2)17-14(19)8-7-13-9-10-16-18(13)3/h7-12H,4-6H2,1-3H3,(H,17,19)(H,20,21). The van der Waals surface area contributed by atoms with E-state index in [1.165, 1.54) is 6.08 Å². The largest absolute Gasteiger partial charge is 0.481 e. The molecular formula is C15H23N3O3. The predicted molar refractivity (Wildman–Crippen MR) is 80.5 cm³/mol. The molecule has 0 saturated carbocycles. The number of hydrogen-bond acceptors (Lipinski definition) is 3. The lowest BCUT2D eigenvalue weighted by Crippen LogP contribution is -2.31. The van der Waals surface area contributed by atoms with Crippen molar-refractivity contribution >= 4 is 18.0 Å². The first-order chi connectivity index (χ1) is 9.90. The molecule has 0 saturated heterocycles. The molecule has 21 heavy (non-hydrogen) atoms. The highest BCUT2D eigenvalue weighted by molar-refractivity contribution is 5.91. The molecule has 6 nitrogen and oxygen atoms in total.